The Balaban J connectivity index is 1.62. The highest BCUT2D eigenvalue weighted by atomic mass is 16.5. The van der Waals surface area contributed by atoms with Crippen LogP contribution in [0.3, 0.4) is 0 Å². The number of rotatable bonds is 3. The molecule has 1 aromatic heterocycles. The second-order valence-corrected chi connectivity index (χ2v) is 6.10. The average Bonchev–Trinajstić information content (AvgIpc) is 3.07. The zero-order chi connectivity index (χ0) is 14.8. The number of carbonyl (C=O) groups excluding carboxylic acids is 1. The Morgan fingerprint density at radius 2 is 2.33 bits per heavy atom. The maximum atomic E-state index is 12.5. The first-order valence-electron chi connectivity index (χ1n) is 7.75. The van der Waals surface area contributed by atoms with E-state index < -0.39 is 0 Å². The van der Waals surface area contributed by atoms with Gasteiger partial charge in [0.1, 0.15) is 0 Å². The van der Waals surface area contributed by atoms with Gasteiger partial charge in [-0.15, -0.1) is 0 Å². The molecular weight excluding hydrogens is 268 g/mol. The van der Waals surface area contributed by atoms with Crippen molar-refractivity contribution in [3.8, 4) is 0 Å². The third-order valence-corrected chi connectivity index (χ3v) is 4.41. The Labute approximate surface area is 125 Å². The highest BCUT2D eigenvalue weighted by molar-refractivity contribution is 5.78. The summed E-state index contributed by atoms with van der Waals surface area (Å²) < 4.78 is 7.33. The van der Waals surface area contributed by atoms with E-state index in [-0.39, 0.29) is 12.0 Å². The molecule has 0 unspecified atom stereocenters. The Morgan fingerprint density at radius 3 is 3.05 bits per heavy atom. The van der Waals surface area contributed by atoms with Gasteiger partial charge in [-0.1, -0.05) is 0 Å². The lowest BCUT2D eigenvalue weighted by atomic mass is 10.1. The number of ether oxygens (including phenoxy) is 1. The summed E-state index contributed by atoms with van der Waals surface area (Å²) in [5.74, 6) is 0.223. The Hall–Kier alpha value is -1.40. The molecule has 6 heteroatoms. The molecule has 2 aliphatic heterocycles. The molecule has 1 aromatic rings. The topological polar surface area (TPSA) is 50.6 Å². The van der Waals surface area contributed by atoms with Crippen molar-refractivity contribution in [2.45, 2.75) is 31.9 Å². The summed E-state index contributed by atoms with van der Waals surface area (Å²) in [5, 5.41) is 4.25. The summed E-state index contributed by atoms with van der Waals surface area (Å²) >= 11 is 0. The van der Waals surface area contributed by atoms with Gasteiger partial charge in [-0.25, -0.2) is 0 Å². The zero-order valence-electron chi connectivity index (χ0n) is 12.9. The van der Waals surface area contributed by atoms with Crippen LogP contribution < -0.4 is 0 Å². The van der Waals surface area contributed by atoms with E-state index in [0.29, 0.717) is 32.3 Å². The number of hydrogen-bond acceptors (Lipinski definition) is 4. The molecule has 2 fully saturated rings. The van der Waals surface area contributed by atoms with Gasteiger partial charge < -0.3 is 9.64 Å². The highest BCUT2D eigenvalue weighted by Crippen LogP contribution is 2.31. The largest absolute Gasteiger partial charge is 0.375 e. The molecule has 0 aliphatic carbocycles. The van der Waals surface area contributed by atoms with Crippen molar-refractivity contribution in [3.05, 3.63) is 18.0 Å². The van der Waals surface area contributed by atoms with Crippen LogP contribution in [-0.2, 0) is 16.6 Å². The van der Waals surface area contributed by atoms with Gasteiger partial charge in [-0.2, -0.15) is 5.10 Å². The second-order valence-electron chi connectivity index (χ2n) is 6.10. The summed E-state index contributed by atoms with van der Waals surface area (Å²) in [6.45, 7) is 5.60. The van der Waals surface area contributed by atoms with Gasteiger partial charge in [0.05, 0.1) is 25.5 Å². The molecule has 3 heterocycles. The van der Waals surface area contributed by atoms with Gasteiger partial charge in [0.25, 0.3) is 0 Å². The summed E-state index contributed by atoms with van der Waals surface area (Å²) in [4.78, 5) is 16.7. The van der Waals surface area contributed by atoms with E-state index in [1.165, 1.54) is 5.56 Å². The van der Waals surface area contributed by atoms with E-state index >= 15 is 0 Å². The minimum atomic E-state index is 0.149. The Kier molecular flexibility index (Phi) is 4.26. The van der Waals surface area contributed by atoms with Crippen LogP contribution in [0.15, 0.2) is 12.4 Å². The summed E-state index contributed by atoms with van der Waals surface area (Å²) in [7, 11) is 1.93. The molecule has 6 nitrogen and oxygen atoms in total. The summed E-state index contributed by atoms with van der Waals surface area (Å²) in [6, 6.07) is 0.334. The fourth-order valence-electron chi connectivity index (χ4n) is 3.32. The molecule has 0 spiro atoms. The molecule has 0 N–H and O–H groups in total. The van der Waals surface area contributed by atoms with Crippen LogP contribution in [0, 0.1) is 0 Å². The smallest absolute Gasteiger partial charge is 0.236 e. The first-order chi connectivity index (χ1) is 10.1. The normalized spacial score (nSPS) is 27.2. The van der Waals surface area contributed by atoms with Crippen molar-refractivity contribution in [1.29, 1.82) is 0 Å². The van der Waals surface area contributed by atoms with Gasteiger partial charge in [0.2, 0.25) is 5.91 Å². The van der Waals surface area contributed by atoms with E-state index in [1.54, 1.807) is 0 Å². The molecule has 1 amide bonds. The number of nitrogens with zero attached hydrogens (tertiary/aromatic N) is 4. The Morgan fingerprint density at radius 1 is 1.48 bits per heavy atom. The van der Waals surface area contributed by atoms with Gasteiger partial charge in [0, 0.05) is 37.9 Å². The van der Waals surface area contributed by atoms with Crippen LogP contribution in [0.2, 0.25) is 0 Å². The number of likely N-dealkylation sites (tertiary alicyclic amines) is 1. The average molecular weight is 292 g/mol. The van der Waals surface area contributed by atoms with Crippen molar-refractivity contribution in [3.63, 3.8) is 0 Å². The van der Waals surface area contributed by atoms with Crippen LogP contribution in [0.4, 0.5) is 0 Å². The maximum absolute atomic E-state index is 12.5. The van der Waals surface area contributed by atoms with Gasteiger partial charge in [-0.3, -0.25) is 14.4 Å². The quantitative estimate of drug-likeness (QED) is 0.827. The SMILES string of the molecule is C[C@@H]1CN(C(=O)CN2CCC[C@H]2c2cnn(C)c2)CCO1. The summed E-state index contributed by atoms with van der Waals surface area (Å²) in [6.07, 6.45) is 6.38. The monoisotopic (exact) mass is 292 g/mol. The van der Waals surface area contributed by atoms with Crippen LogP contribution in [0.5, 0.6) is 0 Å². The van der Waals surface area contributed by atoms with Crippen LogP contribution >= 0.6 is 0 Å². The molecule has 116 valence electrons. The zero-order valence-corrected chi connectivity index (χ0v) is 12.9. The van der Waals surface area contributed by atoms with Crippen LogP contribution in [-0.4, -0.2) is 64.4 Å². The number of hydrogen-bond donors (Lipinski definition) is 0. The molecule has 0 bridgehead atoms. The minimum absolute atomic E-state index is 0.149. The predicted octanol–water partition coefficient (Wildman–Crippen LogP) is 0.804. The van der Waals surface area contributed by atoms with Crippen LogP contribution in [0.1, 0.15) is 31.4 Å². The molecule has 0 radical (unpaired) electrons. The fourth-order valence-corrected chi connectivity index (χ4v) is 3.32. The first-order valence-corrected chi connectivity index (χ1v) is 7.75. The van der Waals surface area contributed by atoms with Crippen LogP contribution in [0.25, 0.3) is 0 Å². The third-order valence-electron chi connectivity index (χ3n) is 4.41. The predicted molar refractivity (Wildman–Crippen MR) is 78.8 cm³/mol. The van der Waals surface area contributed by atoms with E-state index in [9.17, 15) is 4.79 Å². The lowest BCUT2D eigenvalue weighted by Crippen LogP contribution is -2.48. The number of amides is 1. The number of carbonyl (C=O) groups is 1. The minimum Gasteiger partial charge on any atom is -0.375 e. The van der Waals surface area contributed by atoms with E-state index in [2.05, 4.69) is 16.2 Å². The van der Waals surface area contributed by atoms with E-state index in [0.717, 1.165) is 19.4 Å². The number of morpholine rings is 1. The second kappa shape index (κ2) is 6.15. The maximum Gasteiger partial charge on any atom is 0.236 e. The van der Waals surface area contributed by atoms with E-state index in [1.807, 2.05) is 29.7 Å². The van der Waals surface area contributed by atoms with Gasteiger partial charge in [-0.05, 0) is 26.3 Å². The molecule has 2 saturated heterocycles. The van der Waals surface area contributed by atoms with Crippen molar-refractivity contribution < 1.29 is 9.53 Å². The molecule has 0 saturated carbocycles. The summed E-state index contributed by atoms with van der Waals surface area (Å²) in [5.41, 5.74) is 1.22. The highest BCUT2D eigenvalue weighted by Gasteiger charge is 2.30. The lowest BCUT2D eigenvalue weighted by molar-refractivity contribution is -0.139. The number of aromatic nitrogens is 2. The van der Waals surface area contributed by atoms with Crippen molar-refractivity contribution in [2.75, 3.05) is 32.8 Å². The van der Waals surface area contributed by atoms with Crippen molar-refractivity contribution in [1.82, 2.24) is 19.6 Å². The molecule has 21 heavy (non-hydrogen) atoms. The molecule has 3 rings (SSSR count). The number of aryl methyl sites for hydroxylation is 1. The third kappa shape index (κ3) is 3.27. The fraction of sp³-hybridized carbons (Fsp3) is 0.733. The molecule has 0 aromatic carbocycles. The van der Waals surface area contributed by atoms with Gasteiger partial charge in [0.15, 0.2) is 0 Å². The standard InChI is InChI=1S/C15H24N4O2/c1-12-9-19(6-7-21-12)15(20)11-18-5-3-4-14(18)13-8-16-17(2)10-13/h8,10,12,14H,3-7,9,11H2,1-2H3/t12-,14+/m1/s1. The molecule has 2 atom stereocenters. The molecular formula is C15H24N4O2. The molecule has 2 aliphatic rings. The van der Waals surface area contributed by atoms with Crippen molar-refractivity contribution in [2.24, 2.45) is 7.05 Å². The van der Waals surface area contributed by atoms with E-state index in [4.69, 9.17) is 4.74 Å². The van der Waals surface area contributed by atoms with Crippen molar-refractivity contribution >= 4 is 5.91 Å². The lowest BCUT2D eigenvalue weighted by Gasteiger charge is -2.33. The van der Waals surface area contributed by atoms with Gasteiger partial charge >= 0.3 is 0 Å². The first kappa shape index (κ1) is 14.5. The Bertz CT molecular complexity index is 502.